The summed E-state index contributed by atoms with van der Waals surface area (Å²) in [6, 6.07) is 13.4. The predicted octanol–water partition coefficient (Wildman–Crippen LogP) is 4.12. The molecule has 3 rings (SSSR count). The number of aryl methyl sites for hydroxylation is 2. The Bertz CT molecular complexity index is 1040. The predicted molar refractivity (Wildman–Crippen MR) is 127 cm³/mol. The zero-order valence-corrected chi connectivity index (χ0v) is 20.2. The zero-order chi connectivity index (χ0) is 23.3. The Morgan fingerprint density at radius 3 is 2.41 bits per heavy atom. The summed E-state index contributed by atoms with van der Waals surface area (Å²) in [5, 5.41) is 3.17. The van der Waals surface area contributed by atoms with Gasteiger partial charge in [0.25, 0.3) is 0 Å². The number of carbonyl (C=O) groups excluding carboxylic acids is 1. The standard InChI is InChI=1S/C25H34N2O4S/c1-5-23(21-10-11-24(31-4)19(3)16-21)26-25(28)20-12-14-27(15-13-20)32(29,30)17-22-9-7-6-8-18(22)2/h6-11,16,20,23H,5,12-15,17H2,1-4H3,(H,26,28)/t23-/m1/s1. The third-order valence-electron chi connectivity index (χ3n) is 6.36. The first-order valence-electron chi connectivity index (χ1n) is 11.2. The van der Waals surface area contributed by atoms with Gasteiger partial charge in [0.1, 0.15) is 5.75 Å². The summed E-state index contributed by atoms with van der Waals surface area (Å²) in [6.07, 6.45) is 1.86. The lowest BCUT2D eigenvalue weighted by atomic mass is 9.95. The minimum atomic E-state index is -3.40. The van der Waals surface area contributed by atoms with Gasteiger partial charge >= 0.3 is 0 Å². The Balaban J connectivity index is 1.58. The van der Waals surface area contributed by atoms with Gasteiger partial charge in [-0.15, -0.1) is 0 Å². The largest absolute Gasteiger partial charge is 0.496 e. The van der Waals surface area contributed by atoms with Gasteiger partial charge in [0.15, 0.2) is 0 Å². The molecule has 0 radical (unpaired) electrons. The van der Waals surface area contributed by atoms with Gasteiger partial charge in [-0.25, -0.2) is 12.7 Å². The van der Waals surface area contributed by atoms with Crippen LogP contribution < -0.4 is 10.1 Å². The van der Waals surface area contributed by atoms with E-state index >= 15 is 0 Å². The van der Waals surface area contributed by atoms with E-state index in [-0.39, 0.29) is 23.6 Å². The third kappa shape index (κ3) is 5.70. The summed E-state index contributed by atoms with van der Waals surface area (Å²) in [7, 11) is -1.75. The number of hydrogen-bond acceptors (Lipinski definition) is 4. The normalized spacial score (nSPS) is 16.5. The van der Waals surface area contributed by atoms with Crippen molar-refractivity contribution in [3.8, 4) is 5.75 Å². The van der Waals surface area contributed by atoms with Crippen LogP contribution in [-0.4, -0.2) is 38.8 Å². The highest BCUT2D eigenvalue weighted by atomic mass is 32.2. The average Bonchev–Trinajstić information content (AvgIpc) is 2.78. The van der Waals surface area contributed by atoms with E-state index in [1.165, 1.54) is 4.31 Å². The van der Waals surface area contributed by atoms with Crippen LogP contribution in [0.25, 0.3) is 0 Å². The molecule has 1 amide bonds. The minimum absolute atomic E-state index is 0.00118. The number of amides is 1. The number of nitrogens with one attached hydrogen (secondary N) is 1. The van der Waals surface area contributed by atoms with Crippen molar-refractivity contribution in [1.29, 1.82) is 0 Å². The summed E-state index contributed by atoms with van der Waals surface area (Å²) in [5.41, 5.74) is 3.89. The van der Waals surface area contributed by atoms with Gasteiger partial charge in [-0.05, 0) is 61.4 Å². The smallest absolute Gasteiger partial charge is 0.223 e. The molecule has 0 aliphatic carbocycles. The molecule has 7 heteroatoms. The van der Waals surface area contributed by atoms with E-state index in [9.17, 15) is 13.2 Å². The average molecular weight is 459 g/mol. The molecule has 6 nitrogen and oxygen atoms in total. The molecule has 2 aromatic rings. The Kier molecular flexibility index (Phi) is 7.96. The number of ether oxygens (including phenoxy) is 1. The Hall–Kier alpha value is -2.38. The number of piperidine rings is 1. The van der Waals surface area contributed by atoms with E-state index in [1.807, 2.05) is 63.2 Å². The number of benzene rings is 2. The van der Waals surface area contributed by atoms with Crippen LogP contribution in [0.4, 0.5) is 0 Å². The molecule has 0 bridgehead atoms. The van der Waals surface area contributed by atoms with E-state index < -0.39 is 10.0 Å². The Labute approximate surface area is 192 Å². The molecule has 174 valence electrons. The highest BCUT2D eigenvalue weighted by molar-refractivity contribution is 7.88. The van der Waals surface area contributed by atoms with Gasteiger partial charge in [-0.2, -0.15) is 0 Å². The molecule has 1 saturated heterocycles. The van der Waals surface area contributed by atoms with Gasteiger partial charge in [-0.1, -0.05) is 43.3 Å². The molecule has 1 aliphatic rings. The van der Waals surface area contributed by atoms with Gasteiger partial charge < -0.3 is 10.1 Å². The van der Waals surface area contributed by atoms with Gasteiger partial charge in [-0.3, -0.25) is 4.79 Å². The first-order chi connectivity index (χ1) is 15.2. The topological polar surface area (TPSA) is 75.7 Å². The maximum absolute atomic E-state index is 12.9. The monoisotopic (exact) mass is 458 g/mol. The maximum Gasteiger partial charge on any atom is 0.223 e. The number of carbonyl (C=O) groups is 1. The van der Waals surface area contributed by atoms with Crippen molar-refractivity contribution >= 4 is 15.9 Å². The van der Waals surface area contributed by atoms with Crippen LogP contribution in [0.3, 0.4) is 0 Å². The summed E-state index contributed by atoms with van der Waals surface area (Å²) >= 11 is 0. The zero-order valence-electron chi connectivity index (χ0n) is 19.4. The van der Waals surface area contributed by atoms with Gasteiger partial charge in [0.05, 0.1) is 18.9 Å². The fourth-order valence-corrected chi connectivity index (χ4v) is 5.95. The van der Waals surface area contributed by atoms with Gasteiger partial charge in [0.2, 0.25) is 15.9 Å². The van der Waals surface area contributed by atoms with Crippen molar-refractivity contribution in [3.63, 3.8) is 0 Å². The fourth-order valence-electron chi connectivity index (χ4n) is 4.29. The molecule has 1 N–H and O–H groups in total. The van der Waals surface area contributed by atoms with Crippen LogP contribution in [0.5, 0.6) is 5.75 Å². The highest BCUT2D eigenvalue weighted by Crippen LogP contribution is 2.27. The summed E-state index contributed by atoms with van der Waals surface area (Å²) in [4.78, 5) is 12.9. The maximum atomic E-state index is 12.9. The highest BCUT2D eigenvalue weighted by Gasteiger charge is 2.32. The van der Waals surface area contributed by atoms with Crippen LogP contribution in [0.15, 0.2) is 42.5 Å². The van der Waals surface area contributed by atoms with Crippen LogP contribution in [0, 0.1) is 19.8 Å². The van der Waals surface area contributed by atoms with Crippen molar-refractivity contribution < 1.29 is 17.9 Å². The second-order valence-corrected chi connectivity index (χ2v) is 10.5. The molecule has 1 fully saturated rings. The van der Waals surface area contributed by atoms with Crippen molar-refractivity contribution in [1.82, 2.24) is 9.62 Å². The molecule has 1 heterocycles. The van der Waals surface area contributed by atoms with Crippen LogP contribution in [0.1, 0.15) is 54.5 Å². The molecule has 1 atom stereocenters. The summed E-state index contributed by atoms with van der Waals surface area (Å²) < 4.78 is 32.6. The number of rotatable bonds is 8. The molecule has 1 aliphatic heterocycles. The van der Waals surface area contributed by atoms with Crippen molar-refractivity contribution in [2.75, 3.05) is 20.2 Å². The number of methoxy groups -OCH3 is 1. The van der Waals surface area contributed by atoms with Crippen molar-refractivity contribution in [2.45, 2.75) is 51.8 Å². The summed E-state index contributed by atoms with van der Waals surface area (Å²) in [5.74, 6) is 0.662. The van der Waals surface area contributed by atoms with Crippen LogP contribution >= 0.6 is 0 Å². The number of hydrogen-bond donors (Lipinski definition) is 1. The summed E-state index contributed by atoms with van der Waals surface area (Å²) in [6.45, 7) is 6.72. The second-order valence-electron chi connectivity index (χ2n) is 8.55. The molecular weight excluding hydrogens is 424 g/mol. The van der Waals surface area contributed by atoms with Crippen molar-refractivity contribution in [3.05, 3.63) is 64.7 Å². The Morgan fingerprint density at radius 2 is 1.81 bits per heavy atom. The molecule has 2 aromatic carbocycles. The van der Waals surface area contributed by atoms with Crippen LogP contribution in [-0.2, 0) is 20.6 Å². The Morgan fingerprint density at radius 1 is 1.12 bits per heavy atom. The van der Waals surface area contributed by atoms with Crippen molar-refractivity contribution in [2.24, 2.45) is 5.92 Å². The minimum Gasteiger partial charge on any atom is -0.496 e. The van der Waals surface area contributed by atoms with E-state index in [0.717, 1.165) is 34.4 Å². The molecule has 0 aromatic heterocycles. The molecule has 0 spiro atoms. The number of sulfonamides is 1. The van der Waals surface area contributed by atoms with Gasteiger partial charge in [0, 0.05) is 19.0 Å². The fraction of sp³-hybridized carbons (Fsp3) is 0.480. The molecule has 32 heavy (non-hydrogen) atoms. The van der Waals surface area contributed by atoms with E-state index in [1.54, 1.807) is 7.11 Å². The molecular formula is C25H34N2O4S. The SMILES string of the molecule is CC[C@@H](NC(=O)C1CCN(S(=O)(=O)Cc2ccccc2C)CC1)c1ccc(OC)c(C)c1. The van der Waals surface area contributed by atoms with E-state index in [4.69, 9.17) is 4.74 Å². The third-order valence-corrected chi connectivity index (χ3v) is 8.19. The van der Waals surface area contributed by atoms with E-state index in [2.05, 4.69) is 5.32 Å². The lowest BCUT2D eigenvalue weighted by molar-refractivity contribution is -0.126. The first-order valence-corrected chi connectivity index (χ1v) is 12.8. The lowest BCUT2D eigenvalue weighted by Crippen LogP contribution is -2.44. The molecule has 0 unspecified atom stereocenters. The van der Waals surface area contributed by atoms with E-state index in [0.29, 0.717) is 25.9 Å². The molecule has 0 saturated carbocycles. The second kappa shape index (κ2) is 10.5. The van der Waals surface area contributed by atoms with Crippen LogP contribution in [0.2, 0.25) is 0 Å². The number of nitrogens with zero attached hydrogens (tertiary/aromatic N) is 1. The quantitative estimate of drug-likeness (QED) is 0.646. The lowest BCUT2D eigenvalue weighted by Gasteiger charge is -2.31. The first kappa shape index (κ1) is 24.3.